The fraction of sp³-hybridized carbons (Fsp3) is 0.500. The number of non-ortho nitro benzene ring substituents is 1. The van der Waals surface area contributed by atoms with Gasteiger partial charge in [0.05, 0.1) is 9.82 Å². The molecule has 0 N–H and O–H groups in total. The van der Waals surface area contributed by atoms with Gasteiger partial charge in [-0.05, 0) is 25.0 Å². The number of benzene rings is 1. The summed E-state index contributed by atoms with van der Waals surface area (Å²) in [6.45, 7) is 5.67. The summed E-state index contributed by atoms with van der Waals surface area (Å²) in [7, 11) is -1.17. The molecule has 1 atom stereocenters. The maximum absolute atomic E-state index is 12.0. The maximum atomic E-state index is 12.0. The SMILES string of the molecule is CC.O=[N+]([O-])c1ccc(S(=O)N2CCCC2)cc1. The van der Waals surface area contributed by atoms with Crippen LogP contribution in [-0.4, -0.2) is 26.5 Å². The fourth-order valence-electron chi connectivity index (χ4n) is 1.69. The first-order valence-electron chi connectivity index (χ1n) is 6.10. The lowest BCUT2D eigenvalue weighted by molar-refractivity contribution is -0.384. The summed E-state index contributed by atoms with van der Waals surface area (Å²) in [5.74, 6) is 0. The van der Waals surface area contributed by atoms with E-state index in [1.807, 2.05) is 18.2 Å². The molecule has 0 amide bonds. The summed E-state index contributed by atoms with van der Waals surface area (Å²) in [6, 6.07) is 5.91. The number of rotatable bonds is 3. The van der Waals surface area contributed by atoms with Crippen LogP contribution in [0.5, 0.6) is 0 Å². The van der Waals surface area contributed by atoms with E-state index in [9.17, 15) is 14.3 Å². The van der Waals surface area contributed by atoms with Gasteiger partial charge >= 0.3 is 0 Å². The van der Waals surface area contributed by atoms with Crippen molar-refractivity contribution in [2.75, 3.05) is 13.1 Å². The third kappa shape index (κ3) is 3.61. The van der Waals surface area contributed by atoms with E-state index in [4.69, 9.17) is 0 Å². The van der Waals surface area contributed by atoms with Crippen molar-refractivity contribution in [3.8, 4) is 0 Å². The highest BCUT2D eigenvalue weighted by atomic mass is 32.2. The Morgan fingerprint density at radius 1 is 1.17 bits per heavy atom. The van der Waals surface area contributed by atoms with Gasteiger partial charge in [-0.2, -0.15) is 0 Å². The maximum Gasteiger partial charge on any atom is 0.269 e. The lowest BCUT2D eigenvalue weighted by Crippen LogP contribution is -2.21. The van der Waals surface area contributed by atoms with Gasteiger partial charge in [0.25, 0.3) is 5.69 Å². The average Bonchev–Trinajstić information content (AvgIpc) is 2.94. The van der Waals surface area contributed by atoms with Crippen LogP contribution in [0.15, 0.2) is 29.2 Å². The van der Waals surface area contributed by atoms with Crippen LogP contribution in [0.25, 0.3) is 0 Å². The molecule has 0 aromatic heterocycles. The van der Waals surface area contributed by atoms with E-state index in [2.05, 4.69) is 0 Å². The van der Waals surface area contributed by atoms with Gasteiger partial charge in [0.2, 0.25) is 0 Å². The molecule has 1 aliphatic heterocycles. The number of nitro groups is 1. The summed E-state index contributed by atoms with van der Waals surface area (Å²) in [6.07, 6.45) is 2.14. The fourth-order valence-corrected chi connectivity index (χ4v) is 2.94. The van der Waals surface area contributed by atoms with E-state index in [1.165, 1.54) is 12.1 Å². The summed E-state index contributed by atoms with van der Waals surface area (Å²) in [5, 5.41) is 10.5. The van der Waals surface area contributed by atoms with Gasteiger partial charge in [-0.25, -0.2) is 8.51 Å². The Kier molecular flexibility index (Phi) is 5.94. The number of nitro benzene ring substituents is 1. The predicted molar refractivity (Wildman–Crippen MR) is 71.7 cm³/mol. The van der Waals surface area contributed by atoms with Crippen molar-refractivity contribution in [2.24, 2.45) is 0 Å². The van der Waals surface area contributed by atoms with Crippen LogP contribution in [0, 0.1) is 10.1 Å². The molecule has 1 heterocycles. The molecule has 2 rings (SSSR count). The predicted octanol–water partition coefficient (Wildman–Crippen LogP) is 2.74. The minimum absolute atomic E-state index is 0.0298. The van der Waals surface area contributed by atoms with Crippen LogP contribution < -0.4 is 0 Å². The van der Waals surface area contributed by atoms with Gasteiger partial charge in [0, 0.05) is 25.2 Å². The highest BCUT2D eigenvalue weighted by molar-refractivity contribution is 7.82. The van der Waals surface area contributed by atoms with Crippen molar-refractivity contribution in [2.45, 2.75) is 31.6 Å². The second kappa shape index (κ2) is 7.23. The van der Waals surface area contributed by atoms with Crippen LogP contribution in [0.2, 0.25) is 0 Å². The highest BCUT2D eigenvalue weighted by Crippen LogP contribution is 2.19. The zero-order valence-corrected chi connectivity index (χ0v) is 11.5. The molecule has 1 aromatic carbocycles. The number of hydrogen-bond donors (Lipinski definition) is 0. The first kappa shape index (κ1) is 14.8. The lowest BCUT2D eigenvalue weighted by Gasteiger charge is -2.13. The van der Waals surface area contributed by atoms with E-state index in [-0.39, 0.29) is 5.69 Å². The van der Waals surface area contributed by atoms with Gasteiger partial charge in [-0.3, -0.25) is 10.1 Å². The van der Waals surface area contributed by atoms with E-state index in [1.54, 1.807) is 12.1 Å². The smallest absolute Gasteiger partial charge is 0.258 e. The summed E-state index contributed by atoms with van der Waals surface area (Å²) >= 11 is 0. The Morgan fingerprint density at radius 2 is 1.67 bits per heavy atom. The molecule has 1 unspecified atom stereocenters. The minimum Gasteiger partial charge on any atom is -0.258 e. The molecule has 1 fully saturated rings. The Labute approximate surface area is 110 Å². The second-order valence-electron chi connectivity index (χ2n) is 3.64. The Bertz CT molecular complexity index is 414. The highest BCUT2D eigenvalue weighted by Gasteiger charge is 2.19. The summed E-state index contributed by atoms with van der Waals surface area (Å²) in [5.41, 5.74) is 0.0298. The molecule has 0 bridgehead atoms. The third-order valence-electron chi connectivity index (χ3n) is 2.55. The van der Waals surface area contributed by atoms with Crippen LogP contribution in [0.4, 0.5) is 5.69 Å². The van der Waals surface area contributed by atoms with E-state index < -0.39 is 15.9 Å². The molecule has 0 aliphatic carbocycles. The lowest BCUT2D eigenvalue weighted by atomic mass is 10.3. The standard InChI is InChI=1S/C10H12N2O3S.C2H6/c13-12(14)9-3-5-10(6-4-9)16(15)11-7-1-2-8-11;1-2/h3-6H,1-2,7-8H2;1-2H3. The largest absolute Gasteiger partial charge is 0.269 e. The molecular weight excluding hydrogens is 252 g/mol. The van der Waals surface area contributed by atoms with Crippen LogP contribution in [-0.2, 0) is 11.0 Å². The topological polar surface area (TPSA) is 63.5 Å². The quantitative estimate of drug-likeness (QED) is 0.626. The third-order valence-corrected chi connectivity index (χ3v) is 4.06. The van der Waals surface area contributed by atoms with Crippen molar-refractivity contribution >= 4 is 16.7 Å². The van der Waals surface area contributed by atoms with E-state index in [0.717, 1.165) is 25.9 Å². The van der Waals surface area contributed by atoms with Crippen LogP contribution >= 0.6 is 0 Å². The second-order valence-corrected chi connectivity index (χ2v) is 5.12. The Morgan fingerprint density at radius 3 is 2.11 bits per heavy atom. The molecule has 1 saturated heterocycles. The van der Waals surface area contributed by atoms with Crippen molar-refractivity contribution in [3.63, 3.8) is 0 Å². The number of hydrogen-bond acceptors (Lipinski definition) is 3. The molecule has 1 aromatic rings. The summed E-state index contributed by atoms with van der Waals surface area (Å²) < 4.78 is 13.9. The van der Waals surface area contributed by atoms with Crippen molar-refractivity contribution in [1.29, 1.82) is 0 Å². The summed E-state index contributed by atoms with van der Waals surface area (Å²) in [4.78, 5) is 10.6. The van der Waals surface area contributed by atoms with Crippen molar-refractivity contribution < 1.29 is 9.13 Å². The zero-order chi connectivity index (χ0) is 13.5. The van der Waals surface area contributed by atoms with Crippen molar-refractivity contribution in [3.05, 3.63) is 34.4 Å². The van der Waals surface area contributed by atoms with Gasteiger partial charge in [0.1, 0.15) is 11.0 Å². The molecule has 6 heteroatoms. The zero-order valence-electron chi connectivity index (χ0n) is 10.7. The molecule has 0 spiro atoms. The van der Waals surface area contributed by atoms with E-state index >= 15 is 0 Å². The van der Waals surface area contributed by atoms with Gasteiger partial charge in [-0.1, -0.05) is 13.8 Å². The Hall–Kier alpha value is -1.27. The van der Waals surface area contributed by atoms with E-state index in [0.29, 0.717) is 4.90 Å². The van der Waals surface area contributed by atoms with Crippen LogP contribution in [0.3, 0.4) is 0 Å². The molecule has 100 valence electrons. The molecule has 0 saturated carbocycles. The van der Waals surface area contributed by atoms with Gasteiger partial charge in [-0.15, -0.1) is 0 Å². The Balaban J connectivity index is 0.000000771. The molecule has 1 aliphatic rings. The monoisotopic (exact) mass is 270 g/mol. The average molecular weight is 270 g/mol. The van der Waals surface area contributed by atoms with Crippen molar-refractivity contribution in [1.82, 2.24) is 4.31 Å². The van der Waals surface area contributed by atoms with Crippen LogP contribution in [0.1, 0.15) is 26.7 Å². The molecular formula is C12H18N2O3S. The first-order chi connectivity index (χ1) is 8.68. The van der Waals surface area contributed by atoms with Gasteiger partial charge < -0.3 is 0 Å². The molecule has 18 heavy (non-hydrogen) atoms. The minimum atomic E-state index is -1.17. The van der Waals surface area contributed by atoms with Gasteiger partial charge in [0.15, 0.2) is 0 Å². The molecule has 0 radical (unpaired) electrons. The normalized spacial score (nSPS) is 16.8. The number of nitrogens with zero attached hydrogens (tertiary/aromatic N) is 2. The molecule has 5 nitrogen and oxygen atoms in total. The first-order valence-corrected chi connectivity index (χ1v) is 7.20.